The van der Waals surface area contributed by atoms with Gasteiger partial charge in [0.2, 0.25) is 0 Å². The second-order valence-corrected chi connectivity index (χ2v) is 1.85. The number of unbranched alkanes of at least 4 members (excludes halogenated alkanes) is 3. The second-order valence-electron chi connectivity index (χ2n) is 1.85. The summed E-state index contributed by atoms with van der Waals surface area (Å²) in [7, 11) is 0. The molecule has 0 amide bonds. The Balaban J connectivity index is 0. The van der Waals surface area contributed by atoms with E-state index in [1.165, 1.54) is 25.7 Å². The third kappa shape index (κ3) is 10.0. The SMILES string of the molecule is CCCCCCN.[Na]. The summed E-state index contributed by atoms with van der Waals surface area (Å²) in [5.41, 5.74) is 5.27. The van der Waals surface area contributed by atoms with Crippen LogP contribution in [0.2, 0.25) is 0 Å². The standard InChI is InChI=1S/C6H15N.Na/c1-2-3-4-5-6-7;/h2-7H2,1H3;. The van der Waals surface area contributed by atoms with Crippen molar-refractivity contribution in [3.8, 4) is 0 Å². The third-order valence-corrected chi connectivity index (χ3v) is 1.06. The minimum absolute atomic E-state index is 0. The number of rotatable bonds is 4. The van der Waals surface area contributed by atoms with E-state index in [0.29, 0.717) is 0 Å². The fourth-order valence-electron chi connectivity index (χ4n) is 0.571. The van der Waals surface area contributed by atoms with Crippen molar-refractivity contribution in [2.24, 2.45) is 5.73 Å². The van der Waals surface area contributed by atoms with E-state index < -0.39 is 0 Å². The van der Waals surface area contributed by atoms with Crippen LogP contribution in [0, 0.1) is 0 Å². The molecular formula is C6H15NNa. The summed E-state index contributed by atoms with van der Waals surface area (Å²) in [5.74, 6) is 0. The average molecular weight is 124 g/mol. The first-order valence-corrected chi connectivity index (χ1v) is 3.12. The van der Waals surface area contributed by atoms with E-state index in [2.05, 4.69) is 6.92 Å². The Labute approximate surface area is 74.3 Å². The summed E-state index contributed by atoms with van der Waals surface area (Å²) < 4.78 is 0. The molecule has 0 spiro atoms. The Hall–Kier alpha value is 0.960. The number of hydrogen-bond acceptors (Lipinski definition) is 1. The van der Waals surface area contributed by atoms with Gasteiger partial charge in [-0.1, -0.05) is 26.2 Å². The van der Waals surface area contributed by atoms with Crippen LogP contribution in [-0.4, -0.2) is 36.1 Å². The van der Waals surface area contributed by atoms with E-state index in [0.717, 1.165) is 6.54 Å². The Morgan fingerprint density at radius 2 is 1.75 bits per heavy atom. The van der Waals surface area contributed by atoms with Crippen LogP contribution >= 0.6 is 0 Å². The first-order valence-electron chi connectivity index (χ1n) is 3.12. The van der Waals surface area contributed by atoms with Gasteiger partial charge < -0.3 is 5.73 Å². The van der Waals surface area contributed by atoms with Gasteiger partial charge in [0.1, 0.15) is 0 Å². The van der Waals surface area contributed by atoms with Gasteiger partial charge in [-0.2, -0.15) is 0 Å². The van der Waals surface area contributed by atoms with E-state index in [1.807, 2.05) is 0 Å². The molecule has 1 radical (unpaired) electrons. The molecule has 0 aromatic carbocycles. The number of hydrogen-bond donors (Lipinski definition) is 1. The second kappa shape index (κ2) is 10.9. The molecule has 2 N–H and O–H groups in total. The molecule has 0 unspecified atom stereocenters. The van der Waals surface area contributed by atoms with Crippen LogP contribution in [0.15, 0.2) is 0 Å². The van der Waals surface area contributed by atoms with Crippen LogP contribution in [0.3, 0.4) is 0 Å². The van der Waals surface area contributed by atoms with Crippen molar-refractivity contribution in [1.29, 1.82) is 0 Å². The van der Waals surface area contributed by atoms with Crippen molar-refractivity contribution in [2.45, 2.75) is 32.6 Å². The molecule has 0 rings (SSSR count). The van der Waals surface area contributed by atoms with Gasteiger partial charge in [0, 0.05) is 29.6 Å². The summed E-state index contributed by atoms with van der Waals surface area (Å²) in [6.07, 6.45) is 5.16. The van der Waals surface area contributed by atoms with Crippen LogP contribution < -0.4 is 5.73 Å². The normalized spacial score (nSPS) is 8.25. The van der Waals surface area contributed by atoms with Crippen molar-refractivity contribution in [2.75, 3.05) is 6.54 Å². The van der Waals surface area contributed by atoms with E-state index >= 15 is 0 Å². The summed E-state index contributed by atoms with van der Waals surface area (Å²) >= 11 is 0. The molecule has 0 bridgehead atoms. The van der Waals surface area contributed by atoms with Crippen molar-refractivity contribution >= 4 is 29.6 Å². The van der Waals surface area contributed by atoms with Gasteiger partial charge in [-0.15, -0.1) is 0 Å². The average Bonchev–Trinajstić information content (AvgIpc) is 1.69. The van der Waals surface area contributed by atoms with Gasteiger partial charge in [0.05, 0.1) is 0 Å². The van der Waals surface area contributed by atoms with E-state index in [-0.39, 0.29) is 29.6 Å². The predicted molar refractivity (Wildman–Crippen MR) is 39.0 cm³/mol. The quantitative estimate of drug-likeness (QED) is 0.441. The maximum atomic E-state index is 5.27. The minimum Gasteiger partial charge on any atom is -0.330 e. The van der Waals surface area contributed by atoms with Crippen LogP contribution in [0.5, 0.6) is 0 Å². The Morgan fingerprint density at radius 1 is 1.12 bits per heavy atom. The molecule has 0 aliphatic carbocycles. The van der Waals surface area contributed by atoms with Gasteiger partial charge in [-0.05, 0) is 13.0 Å². The zero-order chi connectivity index (χ0) is 5.54. The van der Waals surface area contributed by atoms with Crippen molar-refractivity contribution in [3.05, 3.63) is 0 Å². The zero-order valence-electron chi connectivity index (χ0n) is 6.11. The van der Waals surface area contributed by atoms with E-state index in [1.54, 1.807) is 0 Å². The van der Waals surface area contributed by atoms with Crippen LogP contribution in [0.25, 0.3) is 0 Å². The molecule has 0 saturated heterocycles. The number of nitrogens with two attached hydrogens (primary N) is 1. The maximum absolute atomic E-state index is 5.27. The summed E-state index contributed by atoms with van der Waals surface area (Å²) in [6.45, 7) is 3.07. The molecule has 0 heterocycles. The fourth-order valence-corrected chi connectivity index (χ4v) is 0.571. The topological polar surface area (TPSA) is 26.0 Å². The Morgan fingerprint density at radius 3 is 2.12 bits per heavy atom. The first kappa shape index (κ1) is 11.7. The molecule has 0 aliphatic rings. The molecule has 8 heavy (non-hydrogen) atoms. The van der Waals surface area contributed by atoms with Gasteiger partial charge in [-0.25, -0.2) is 0 Å². The van der Waals surface area contributed by atoms with Crippen LogP contribution in [0.1, 0.15) is 32.6 Å². The van der Waals surface area contributed by atoms with E-state index in [9.17, 15) is 0 Å². The summed E-state index contributed by atoms with van der Waals surface area (Å²) in [4.78, 5) is 0. The summed E-state index contributed by atoms with van der Waals surface area (Å²) in [5, 5.41) is 0. The van der Waals surface area contributed by atoms with Gasteiger partial charge in [-0.3, -0.25) is 0 Å². The van der Waals surface area contributed by atoms with Gasteiger partial charge in [0.15, 0.2) is 0 Å². The van der Waals surface area contributed by atoms with Crippen molar-refractivity contribution in [1.82, 2.24) is 0 Å². The molecule has 0 aromatic heterocycles. The maximum Gasteiger partial charge on any atom is 0 e. The molecule has 1 nitrogen and oxygen atoms in total. The molecule has 45 valence electrons. The van der Waals surface area contributed by atoms with Gasteiger partial charge in [0.25, 0.3) is 0 Å². The molecule has 0 fully saturated rings. The molecule has 2 heteroatoms. The molecule has 0 saturated carbocycles. The van der Waals surface area contributed by atoms with Crippen LogP contribution in [0.4, 0.5) is 0 Å². The third-order valence-electron chi connectivity index (χ3n) is 1.06. The van der Waals surface area contributed by atoms with Crippen LogP contribution in [-0.2, 0) is 0 Å². The summed E-state index contributed by atoms with van der Waals surface area (Å²) in [6, 6.07) is 0. The van der Waals surface area contributed by atoms with Gasteiger partial charge >= 0.3 is 0 Å². The largest absolute Gasteiger partial charge is 0.330 e. The van der Waals surface area contributed by atoms with Crippen molar-refractivity contribution in [3.63, 3.8) is 0 Å². The molecule has 0 aliphatic heterocycles. The van der Waals surface area contributed by atoms with Crippen molar-refractivity contribution < 1.29 is 0 Å². The fraction of sp³-hybridized carbons (Fsp3) is 1.00. The molecule has 0 atom stereocenters. The minimum atomic E-state index is 0. The molecule has 0 aromatic rings. The smallest absolute Gasteiger partial charge is 0 e. The Bertz CT molecular complexity index is 27.7. The van der Waals surface area contributed by atoms with E-state index in [4.69, 9.17) is 5.73 Å². The zero-order valence-corrected chi connectivity index (χ0v) is 8.11. The predicted octanol–water partition coefficient (Wildman–Crippen LogP) is 1.14. The monoisotopic (exact) mass is 124 g/mol. The first-order chi connectivity index (χ1) is 3.41. The Kier molecular flexibility index (Phi) is 15.9. The molecular weight excluding hydrogens is 109 g/mol.